The van der Waals surface area contributed by atoms with Crippen LogP contribution in [0.25, 0.3) is 10.9 Å². The first kappa shape index (κ1) is 10.9. The summed E-state index contributed by atoms with van der Waals surface area (Å²) in [7, 11) is 1.29. The van der Waals surface area contributed by atoms with Crippen molar-refractivity contribution in [1.82, 2.24) is 4.98 Å². The van der Waals surface area contributed by atoms with Crippen LogP contribution in [-0.4, -0.2) is 18.1 Å². The highest BCUT2D eigenvalue weighted by atomic mass is 79.9. The van der Waals surface area contributed by atoms with Gasteiger partial charge in [-0.05, 0) is 18.2 Å². The smallest absolute Gasteiger partial charge is 0.338 e. The van der Waals surface area contributed by atoms with E-state index in [1.165, 1.54) is 13.2 Å². The van der Waals surface area contributed by atoms with Crippen molar-refractivity contribution in [3.8, 4) is 0 Å². The lowest BCUT2D eigenvalue weighted by Crippen LogP contribution is -2.11. The fourth-order valence-corrected chi connectivity index (χ4v) is 1.87. The normalized spacial score (nSPS) is 10.4. The fraction of sp³-hybridized carbons (Fsp3) is 0.0909. The Balaban J connectivity index is 2.84. The number of aromatic nitrogens is 1. The number of pyridine rings is 1. The molecule has 0 radical (unpaired) electrons. The van der Waals surface area contributed by atoms with Crippen LogP contribution in [0.4, 0.5) is 0 Å². The SMILES string of the molecule is COC(=O)c1cc(=O)[nH]c2ccc(Br)cc12. The van der Waals surface area contributed by atoms with Crippen molar-refractivity contribution < 1.29 is 9.53 Å². The molecule has 0 spiro atoms. The largest absolute Gasteiger partial charge is 0.465 e. The number of nitrogens with one attached hydrogen (secondary N) is 1. The van der Waals surface area contributed by atoms with Gasteiger partial charge >= 0.3 is 5.97 Å². The molecule has 2 rings (SSSR count). The molecule has 5 heteroatoms. The van der Waals surface area contributed by atoms with E-state index in [1.54, 1.807) is 18.2 Å². The number of aromatic amines is 1. The molecule has 0 atom stereocenters. The van der Waals surface area contributed by atoms with Crippen LogP contribution in [0.3, 0.4) is 0 Å². The minimum atomic E-state index is -0.519. The highest BCUT2D eigenvalue weighted by Gasteiger charge is 2.11. The van der Waals surface area contributed by atoms with E-state index >= 15 is 0 Å². The second kappa shape index (κ2) is 4.09. The summed E-state index contributed by atoms with van der Waals surface area (Å²) < 4.78 is 5.46. The number of H-pyrrole nitrogens is 1. The molecule has 1 heterocycles. The maximum atomic E-state index is 11.5. The molecule has 16 heavy (non-hydrogen) atoms. The molecule has 0 amide bonds. The fourth-order valence-electron chi connectivity index (χ4n) is 1.50. The number of methoxy groups -OCH3 is 1. The van der Waals surface area contributed by atoms with Gasteiger partial charge in [0.1, 0.15) is 0 Å². The van der Waals surface area contributed by atoms with Gasteiger partial charge in [0.25, 0.3) is 0 Å². The summed E-state index contributed by atoms with van der Waals surface area (Å²) in [4.78, 5) is 25.5. The van der Waals surface area contributed by atoms with E-state index in [2.05, 4.69) is 25.7 Å². The van der Waals surface area contributed by atoms with Crippen LogP contribution in [0.1, 0.15) is 10.4 Å². The topological polar surface area (TPSA) is 59.2 Å². The molecule has 0 aliphatic heterocycles. The molecule has 1 aromatic carbocycles. The molecule has 0 bridgehead atoms. The van der Waals surface area contributed by atoms with Crippen molar-refractivity contribution in [2.24, 2.45) is 0 Å². The monoisotopic (exact) mass is 281 g/mol. The van der Waals surface area contributed by atoms with Crippen LogP contribution in [-0.2, 0) is 4.74 Å². The summed E-state index contributed by atoms with van der Waals surface area (Å²) in [6.45, 7) is 0. The minimum absolute atomic E-state index is 0.266. The second-order valence-corrected chi connectivity index (χ2v) is 4.14. The van der Waals surface area contributed by atoms with E-state index in [4.69, 9.17) is 0 Å². The molecular weight excluding hydrogens is 274 g/mol. The number of esters is 1. The number of fused-ring (bicyclic) bond motifs is 1. The van der Waals surface area contributed by atoms with Gasteiger partial charge in [-0.25, -0.2) is 4.79 Å². The van der Waals surface area contributed by atoms with Crippen LogP contribution in [0.15, 0.2) is 33.5 Å². The van der Waals surface area contributed by atoms with Crippen LogP contribution in [0.5, 0.6) is 0 Å². The third-order valence-electron chi connectivity index (χ3n) is 2.21. The Morgan fingerprint density at radius 1 is 1.38 bits per heavy atom. The Kier molecular flexibility index (Phi) is 2.78. The Morgan fingerprint density at radius 3 is 2.81 bits per heavy atom. The lowest BCUT2D eigenvalue weighted by molar-refractivity contribution is 0.0603. The van der Waals surface area contributed by atoms with Crippen molar-refractivity contribution in [1.29, 1.82) is 0 Å². The van der Waals surface area contributed by atoms with Crippen molar-refractivity contribution >= 4 is 32.8 Å². The quantitative estimate of drug-likeness (QED) is 0.815. The highest BCUT2D eigenvalue weighted by molar-refractivity contribution is 9.10. The first-order valence-corrected chi connectivity index (χ1v) is 5.32. The lowest BCUT2D eigenvalue weighted by atomic mass is 10.1. The molecular formula is C11H8BrNO3. The van der Waals surface area contributed by atoms with Crippen molar-refractivity contribution in [2.75, 3.05) is 7.11 Å². The van der Waals surface area contributed by atoms with E-state index in [-0.39, 0.29) is 11.1 Å². The highest BCUT2D eigenvalue weighted by Crippen LogP contribution is 2.20. The van der Waals surface area contributed by atoms with Gasteiger partial charge in [0, 0.05) is 21.4 Å². The molecule has 1 aromatic heterocycles. The Bertz CT molecular complexity index is 618. The number of rotatable bonds is 1. The Labute approximate surface area is 99.4 Å². The zero-order chi connectivity index (χ0) is 11.7. The summed E-state index contributed by atoms with van der Waals surface area (Å²) in [5.41, 5.74) is 0.550. The van der Waals surface area contributed by atoms with E-state index < -0.39 is 5.97 Å². The predicted octanol–water partition coefficient (Wildman–Crippen LogP) is 2.08. The zero-order valence-electron chi connectivity index (χ0n) is 8.41. The molecule has 0 fully saturated rings. The zero-order valence-corrected chi connectivity index (χ0v) is 10.00. The standard InChI is InChI=1S/C11H8BrNO3/c1-16-11(15)8-5-10(14)13-9-3-2-6(12)4-7(8)9/h2-5H,1H3,(H,13,14). The maximum Gasteiger partial charge on any atom is 0.338 e. The average Bonchev–Trinajstić information content (AvgIpc) is 2.27. The number of ether oxygens (including phenoxy) is 1. The first-order chi connectivity index (χ1) is 7.61. The van der Waals surface area contributed by atoms with Crippen LogP contribution >= 0.6 is 15.9 Å². The molecule has 0 saturated carbocycles. The molecule has 1 N–H and O–H groups in total. The number of hydrogen-bond donors (Lipinski definition) is 1. The van der Waals surface area contributed by atoms with E-state index in [1.807, 2.05) is 0 Å². The van der Waals surface area contributed by atoms with Gasteiger partial charge < -0.3 is 9.72 Å². The number of benzene rings is 1. The van der Waals surface area contributed by atoms with Gasteiger partial charge in [-0.2, -0.15) is 0 Å². The number of halogens is 1. The number of hydrogen-bond acceptors (Lipinski definition) is 3. The van der Waals surface area contributed by atoms with Gasteiger partial charge in [0.05, 0.1) is 12.7 Å². The molecule has 0 aliphatic rings. The first-order valence-electron chi connectivity index (χ1n) is 4.52. The average molecular weight is 282 g/mol. The van der Waals surface area contributed by atoms with E-state index in [0.717, 1.165) is 4.47 Å². The summed E-state index contributed by atoms with van der Waals surface area (Å²) in [5, 5.41) is 0.654. The molecule has 2 aromatic rings. The van der Waals surface area contributed by atoms with Gasteiger partial charge in [-0.1, -0.05) is 15.9 Å². The maximum absolute atomic E-state index is 11.5. The molecule has 82 valence electrons. The summed E-state index contributed by atoms with van der Waals surface area (Å²) in [6.07, 6.45) is 0. The summed E-state index contributed by atoms with van der Waals surface area (Å²) in [5.74, 6) is -0.519. The third kappa shape index (κ3) is 1.86. The van der Waals surface area contributed by atoms with Crippen molar-refractivity contribution in [3.63, 3.8) is 0 Å². The third-order valence-corrected chi connectivity index (χ3v) is 2.70. The molecule has 0 unspecified atom stereocenters. The predicted molar refractivity (Wildman–Crippen MR) is 63.6 cm³/mol. The van der Waals surface area contributed by atoms with Gasteiger partial charge in [-0.3, -0.25) is 4.79 Å². The van der Waals surface area contributed by atoms with Gasteiger partial charge in [0.15, 0.2) is 0 Å². The summed E-state index contributed by atoms with van der Waals surface area (Å²) in [6, 6.07) is 6.52. The van der Waals surface area contributed by atoms with Crippen molar-refractivity contribution in [3.05, 3.63) is 44.7 Å². The minimum Gasteiger partial charge on any atom is -0.465 e. The number of carbonyl (C=O) groups excluding carboxylic acids is 1. The molecule has 4 nitrogen and oxygen atoms in total. The number of carbonyl (C=O) groups is 1. The van der Waals surface area contributed by atoms with Crippen molar-refractivity contribution in [2.45, 2.75) is 0 Å². The van der Waals surface area contributed by atoms with Crippen LogP contribution < -0.4 is 5.56 Å². The van der Waals surface area contributed by atoms with Crippen LogP contribution in [0.2, 0.25) is 0 Å². The molecule has 0 aliphatic carbocycles. The van der Waals surface area contributed by atoms with Gasteiger partial charge in [-0.15, -0.1) is 0 Å². The molecule has 0 saturated heterocycles. The van der Waals surface area contributed by atoms with Crippen LogP contribution in [0, 0.1) is 0 Å². The Morgan fingerprint density at radius 2 is 2.12 bits per heavy atom. The Hall–Kier alpha value is -1.62. The summed E-state index contributed by atoms with van der Waals surface area (Å²) >= 11 is 3.31. The van der Waals surface area contributed by atoms with Gasteiger partial charge in [0.2, 0.25) is 5.56 Å². The second-order valence-electron chi connectivity index (χ2n) is 3.23. The lowest BCUT2D eigenvalue weighted by Gasteiger charge is -2.04. The van der Waals surface area contributed by atoms with E-state index in [0.29, 0.717) is 10.9 Å². The van der Waals surface area contributed by atoms with E-state index in [9.17, 15) is 9.59 Å².